The number of anilines is 1. The molecule has 8 nitrogen and oxygen atoms in total. The fraction of sp³-hybridized carbons (Fsp3) is 0.160. The Morgan fingerprint density at radius 1 is 0.971 bits per heavy atom. The van der Waals surface area contributed by atoms with Gasteiger partial charge in [0.15, 0.2) is 5.69 Å². The lowest BCUT2D eigenvalue weighted by atomic mass is 10.1. The number of carbonyl (C=O) groups is 1. The Kier molecular flexibility index (Phi) is 6.21. The van der Waals surface area contributed by atoms with E-state index in [4.69, 9.17) is 0 Å². The molecule has 0 bridgehead atoms. The molecule has 1 aromatic heterocycles. The monoisotopic (exact) mass is 476 g/mol. The molecule has 0 radical (unpaired) electrons. The lowest BCUT2D eigenvalue weighted by Crippen LogP contribution is -2.35. The van der Waals surface area contributed by atoms with Gasteiger partial charge >= 0.3 is 0 Å². The molecule has 0 saturated heterocycles. The number of hydrogen-bond acceptors (Lipinski definition) is 5. The molecule has 0 atom stereocenters. The highest BCUT2D eigenvalue weighted by atomic mass is 32.2. The second-order valence-corrected chi connectivity index (χ2v) is 9.92. The fourth-order valence-electron chi connectivity index (χ4n) is 3.51. The highest BCUT2D eigenvalue weighted by Gasteiger charge is 2.27. The number of rotatable bonds is 6. The van der Waals surface area contributed by atoms with Gasteiger partial charge in [-0.25, -0.2) is 8.42 Å². The van der Waals surface area contributed by atoms with Crippen molar-refractivity contribution < 1.29 is 18.3 Å². The molecule has 1 heterocycles. The van der Waals surface area contributed by atoms with Crippen molar-refractivity contribution in [3.8, 4) is 5.88 Å². The van der Waals surface area contributed by atoms with Crippen LogP contribution in [0.2, 0.25) is 0 Å². The fourth-order valence-corrected chi connectivity index (χ4v) is 4.91. The maximum Gasteiger partial charge on any atom is 0.285 e. The zero-order valence-corrected chi connectivity index (χ0v) is 19.8. The van der Waals surface area contributed by atoms with Crippen molar-refractivity contribution in [3.05, 3.63) is 83.4 Å². The maximum atomic E-state index is 13.5. The minimum absolute atomic E-state index is 0.0651. The summed E-state index contributed by atoms with van der Waals surface area (Å²) in [5.41, 5.74) is 3.90. The summed E-state index contributed by atoms with van der Waals surface area (Å²) in [4.78, 5) is 15.6. The second kappa shape index (κ2) is 9.11. The predicted molar refractivity (Wildman–Crippen MR) is 131 cm³/mol. The third-order valence-corrected chi connectivity index (χ3v) is 7.38. The highest BCUT2D eigenvalue weighted by molar-refractivity contribution is 7.92. The van der Waals surface area contributed by atoms with Gasteiger partial charge in [0.05, 0.1) is 16.1 Å². The number of para-hydroxylation sites is 1. The molecule has 0 aliphatic carbocycles. The van der Waals surface area contributed by atoms with Crippen LogP contribution in [0.1, 0.15) is 16.7 Å². The van der Waals surface area contributed by atoms with Crippen LogP contribution in [0.25, 0.3) is 10.9 Å². The van der Waals surface area contributed by atoms with E-state index >= 15 is 0 Å². The smallest absolute Gasteiger partial charge is 0.285 e. The predicted octanol–water partition coefficient (Wildman–Crippen LogP) is 5.30. The maximum absolute atomic E-state index is 13.5. The van der Waals surface area contributed by atoms with E-state index in [1.807, 2.05) is 20.8 Å². The van der Waals surface area contributed by atoms with Crippen LogP contribution in [0, 0.1) is 20.8 Å². The van der Waals surface area contributed by atoms with E-state index in [1.54, 1.807) is 54.6 Å². The Labute approximate surface area is 197 Å². The number of azo groups is 1. The molecule has 2 N–H and O–H groups in total. The van der Waals surface area contributed by atoms with Crippen molar-refractivity contribution >= 4 is 38.2 Å². The number of aryl methyl sites for hydroxylation is 3. The van der Waals surface area contributed by atoms with E-state index in [1.165, 1.54) is 12.1 Å². The Morgan fingerprint density at radius 2 is 1.68 bits per heavy atom. The van der Waals surface area contributed by atoms with Gasteiger partial charge in [-0.2, -0.15) is 0 Å². The van der Waals surface area contributed by atoms with E-state index < -0.39 is 22.5 Å². The molecule has 174 valence electrons. The van der Waals surface area contributed by atoms with Crippen LogP contribution in [-0.4, -0.2) is 31.0 Å². The summed E-state index contributed by atoms with van der Waals surface area (Å²) in [6.45, 7) is 5.11. The second-order valence-electron chi connectivity index (χ2n) is 8.05. The Morgan fingerprint density at radius 3 is 2.38 bits per heavy atom. The minimum Gasteiger partial charge on any atom is -0.493 e. The third-order valence-electron chi connectivity index (χ3n) is 5.59. The van der Waals surface area contributed by atoms with Crippen LogP contribution in [-0.2, 0) is 14.8 Å². The van der Waals surface area contributed by atoms with Crippen molar-refractivity contribution in [1.29, 1.82) is 0 Å². The quantitative estimate of drug-likeness (QED) is 0.367. The van der Waals surface area contributed by atoms with Crippen LogP contribution < -0.4 is 4.31 Å². The van der Waals surface area contributed by atoms with E-state index in [0.29, 0.717) is 16.6 Å². The number of hydrogen-bond donors (Lipinski definition) is 2. The van der Waals surface area contributed by atoms with Crippen molar-refractivity contribution in [2.45, 2.75) is 25.7 Å². The first-order valence-corrected chi connectivity index (χ1v) is 12.0. The number of aromatic amines is 1. The van der Waals surface area contributed by atoms with Crippen LogP contribution in [0.5, 0.6) is 5.88 Å². The molecular formula is C25H24N4O4S. The topological polar surface area (TPSA) is 115 Å². The molecule has 1 amide bonds. The summed E-state index contributed by atoms with van der Waals surface area (Å²) in [6, 6.07) is 18.6. The number of H-pyrrole nitrogens is 1. The Hall–Kier alpha value is -3.98. The average Bonchev–Trinajstić information content (AvgIpc) is 3.13. The lowest BCUT2D eigenvalue weighted by Gasteiger charge is -2.24. The van der Waals surface area contributed by atoms with E-state index in [-0.39, 0.29) is 16.5 Å². The van der Waals surface area contributed by atoms with Crippen molar-refractivity contribution in [1.82, 2.24) is 4.98 Å². The van der Waals surface area contributed by atoms with Gasteiger partial charge in [0, 0.05) is 5.39 Å². The molecule has 0 aliphatic heterocycles. The molecule has 0 fully saturated rings. The van der Waals surface area contributed by atoms with Gasteiger partial charge in [0.25, 0.3) is 15.9 Å². The summed E-state index contributed by atoms with van der Waals surface area (Å²) in [5, 5.41) is 18.3. The number of sulfonamides is 1. The highest BCUT2D eigenvalue weighted by Crippen LogP contribution is 2.35. The molecule has 3 aromatic carbocycles. The van der Waals surface area contributed by atoms with Gasteiger partial charge in [-0.15, -0.1) is 10.2 Å². The first-order chi connectivity index (χ1) is 16.2. The molecule has 34 heavy (non-hydrogen) atoms. The molecule has 4 rings (SSSR count). The van der Waals surface area contributed by atoms with Gasteiger partial charge in [-0.3, -0.25) is 9.10 Å². The third kappa shape index (κ3) is 4.55. The molecular weight excluding hydrogens is 452 g/mol. The van der Waals surface area contributed by atoms with Crippen molar-refractivity contribution in [2.24, 2.45) is 10.2 Å². The SMILES string of the molecule is Cc1ccc(S(=O)(=O)N(CC(=O)N=Nc2c(O)[nH]c3ccccc23)c2ccc(C)c(C)c2)cc1. The van der Waals surface area contributed by atoms with Gasteiger partial charge < -0.3 is 10.1 Å². The summed E-state index contributed by atoms with van der Waals surface area (Å²) >= 11 is 0. The Balaban J connectivity index is 1.69. The van der Waals surface area contributed by atoms with Gasteiger partial charge in [0.1, 0.15) is 6.54 Å². The summed E-state index contributed by atoms with van der Waals surface area (Å²) in [7, 11) is -4.06. The first kappa shape index (κ1) is 23.2. The zero-order chi connectivity index (χ0) is 24.5. The molecule has 0 spiro atoms. The summed E-state index contributed by atoms with van der Waals surface area (Å²) < 4.78 is 28.0. The summed E-state index contributed by atoms with van der Waals surface area (Å²) in [6.07, 6.45) is 0. The van der Waals surface area contributed by atoms with E-state index in [9.17, 15) is 18.3 Å². The van der Waals surface area contributed by atoms with Crippen LogP contribution in [0.15, 0.2) is 81.9 Å². The van der Waals surface area contributed by atoms with Crippen LogP contribution >= 0.6 is 0 Å². The van der Waals surface area contributed by atoms with Gasteiger partial charge in [-0.1, -0.05) is 42.0 Å². The molecule has 0 unspecified atom stereocenters. The largest absolute Gasteiger partial charge is 0.493 e. The normalized spacial score (nSPS) is 11.9. The van der Waals surface area contributed by atoms with Crippen LogP contribution in [0.3, 0.4) is 0 Å². The van der Waals surface area contributed by atoms with Crippen LogP contribution in [0.4, 0.5) is 11.4 Å². The molecule has 0 saturated carbocycles. The summed E-state index contributed by atoms with van der Waals surface area (Å²) in [5.74, 6) is -1.00. The number of nitrogens with one attached hydrogen (secondary N) is 1. The number of benzene rings is 3. The average molecular weight is 477 g/mol. The number of amides is 1. The van der Waals surface area contributed by atoms with Gasteiger partial charge in [0.2, 0.25) is 5.88 Å². The minimum atomic E-state index is -4.06. The molecule has 9 heteroatoms. The lowest BCUT2D eigenvalue weighted by molar-refractivity contribution is -0.116. The number of fused-ring (bicyclic) bond motifs is 1. The van der Waals surface area contributed by atoms with Crippen molar-refractivity contribution in [2.75, 3.05) is 10.8 Å². The van der Waals surface area contributed by atoms with E-state index in [2.05, 4.69) is 15.2 Å². The van der Waals surface area contributed by atoms with Gasteiger partial charge in [-0.05, 0) is 62.2 Å². The zero-order valence-electron chi connectivity index (χ0n) is 19.0. The molecule has 4 aromatic rings. The van der Waals surface area contributed by atoms with Crippen molar-refractivity contribution in [3.63, 3.8) is 0 Å². The number of aromatic hydroxyl groups is 1. The van der Waals surface area contributed by atoms with E-state index in [0.717, 1.165) is 21.0 Å². The first-order valence-electron chi connectivity index (χ1n) is 10.6. The molecule has 0 aliphatic rings. The Bertz CT molecular complexity index is 1510. The number of aromatic nitrogens is 1. The number of carbonyl (C=O) groups excluding carboxylic acids is 1. The standard InChI is InChI=1S/C25H24N4O4S/c1-16-8-12-20(13-9-16)34(32,33)29(19-11-10-17(2)18(3)14-19)15-23(30)27-28-24-21-6-4-5-7-22(21)26-25(24)31/h4-14,26,31H,15H2,1-3H3. The number of nitrogens with zero attached hydrogens (tertiary/aromatic N) is 3.